The highest BCUT2D eigenvalue weighted by Gasteiger charge is 2.50. The number of Topliss-reactive ketones (excluding diaryl/α,β-unsaturated/α-hetero) is 1. The SMILES string of the molecule is CC(C)(C)OC(=O)Nc1nc(/C(=N/OC2(C(=O)OCc3ccccc3)CCC2)C(=O)C[C@@H]2C(=O)N[C@@H]2CNC(=O)c2cc(=O)c(OCc3ccccc3)cn2OCc2ccccc2)cs1. The molecule has 2 atom stereocenters. The monoisotopic (exact) mass is 904 g/mol. The Balaban J connectivity index is 1.06. The number of rotatable bonds is 19. The van der Waals surface area contributed by atoms with Crippen LogP contribution in [-0.4, -0.2) is 68.9 Å². The smallest absolute Gasteiger partial charge is 0.413 e. The fourth-order valence-corrected chi connectivity index (χ4v) is 7.40. The number of oxime groups is 1. The van der Waals surface area contributed by atoms with E-state index in [-0.39, 0.29) is 73.6 Å². The lowest BCUT2D eigenvalue weighted by atomic mass is 9.80. The minimum absolute atomic E-state index is 0.00796. The Morgan fingerprint density at radius 3 is 2.12 bits per heavy atom. The molecule has 17 nitrogen and oxygen atoms in total. The summed E-state index contributed by atoms with van der Waals surface area (Å²) in [6.07, 6.45) is 1.38. The first-order chi connectivity index (χ1) is 31.2. The zero-order valence-corrected chi connectivity index (χ0v) is 36.8. The van der Waals surface area contributed by atoms with Crippen LogP contribution in [0.3, 0.4) is 0 Å². The van der Waals surface area contributed by atoms with Crippen LogP contribution < -0.4 is 31.0 Å². The first-order valence-corrected chi connectivity index (χ1v) is 21.8. The van der Waals surface area contributed by atoms with Crippen LogP contribution in [0.15, 0.2) is 119 Å². The van der Waals surface area contributed by atoms with Crippen LogP contribution in [0.4, 0.5) is 9.93 Å². The summed E-state index contributed by atoms with van der Waals surface area (Å²) >= 11 is 0.998. The second kappa shape index (κ2) is 20.4. The highest BCUT2D eigenvalue weighted by atomic mass is 32.1. The van der Waals surface area contributed by atoms with Gasteiger partial charge in [-0.3, -0.25) is 24.5 Å². The molecule has 1 aliphatic heterocycles. The van der Waals surface area contributed by atoms with Crippen LogP contribution in [0, 0.1) is 5.92 Å². The molecular weight excluding hydrogens is 857 g/mol. The van der Waals surface area contributed by atoms with Crippen molar-refractivity contribution in [1.82, 2.24) is 20.3 Å². The van der Waals surface area contributed by atoms with Crippen molar-refractivity contribution in [3.05, 3.63) is 147 Å². The van der Waals surface area contributed by atoms with Gasteiger partial charge >= 0.3 is 12.1 Å². The third-order valence-electron chi connectivity index (χ3n) is 10.4. The minimum Gasteiger partial charge on any atom is -0.483 e. The number of carbonyl (C=O) groups is 5. The number of hydrogen-bond donors (Lipinski definition) is 3. The van der Waals surface area contributed by atoms with Gasteiger partial charge in [-0.25, -0.2) is 14.6 Å². The summed E-state index contributed by atoms with van der Waals surface area (Å²) in [4.78, 5) is 96.2. The lowest BCUT2D eigenvalue weighted by Crippen LogP contribution is -2.63. The number of esters is 1. The summed E-state index contributed by atoms with van der Waals surface area (Å²) in [7, 11) is 0. The van der Waals surface area contributed by atoms with Gasteiger partial charge in [-0.1, -0.05) is 96.2 Å². The Morgan fingerprint density at radius 1 is 0.892 bits per heavy atom. The Kier molecular flexibility index (Phi) is 14.4. The van der Waals surface area contributed by atoms with Gasteiger partial charge in [-0.15, -0.1) is 11.3 Å². The molecule has 0 spiro atoms. The second-order valence-corrected chi connectivity index (χ2v) is 17.3. The number of aromatic nitrogens is 2. The predicted octanol–water partition coefficient (Wildman–Crippen LogP) is 5.75. The second-order valence-electron chi connectivity index (χ2n) is 16.4. The molecule has 3 heterocycles. The summed E-state index contributed by atoms with van der Waals surface area (Å²) < 4.78 is 17.9. The number of thiazole rings is 1. The summed E-state index contributed by atoms with van der Waals surface area (Å²) in [5.41, 5.74) is -0.781. The maximum atomic E-state index is 14.2. The van der Waals surface area contributed by atoms with Crippen LogP contribution in [0.5, 0.6) is 5.75 Å². The normalized spacial score (nSPS) is 16.4. The van der Waals surface area contributed by atoms with Crippen molar-refractivity contribution in [2.24, 2.45) is 11.1 Å². The van der Waals surface area contributed by atoms with Crippen LogP contribution in [0.2, 0.25) is 0 Å². The minimum atomic E-state index is -1.45. The Labute approximate surface area is 378 Å². The molecule has 3 amide bonds. The van der Waals surface area contributed by atoms with Crippen molar-refractivity contribution in [3.63, 3.8) is 0 Å². The molecule has 5 aromatic rings. The molecule has 0 radical (unpaired) electrons. The number of benzene rings is 3. The highest BCUT2D eigenvalue weighted by molar-refractivity contribution is 7.14. The number of nitrogens with one attached hydrogen (secondary N) is 3. The van der Waals surface area contributed by atoms with Gasteiger partial charge < -0.3 is 34.5 Å². The summed E-state index contributed by atoms with van der Waals surface area (Å²) in [6, 6.07) is 28.0. The Bertz CT molecular complexity index is 2590. The summed E-state index contributed by atoms with van der Waals surface area (Å²) in [5.74, 6) is -3.41. The number of ketones is 1. The maximum Gasteiger partial charge on any atom is 0.413 e. The van der Waals surface area contributed by atoms with Crippen LogP contribution >= 0.6 is 11.3 Å². The van der Waals surface area contributed by atoms with Crippen molar-refractivity contribution >= 4 is 51.8 Å². The van der Waals surface area contributed by atoms with E-state index in [4.69, 9.17) is 23.9 Å². The van der Waals surface area contributed by atoms with E-state index in [9.17, 15) is 28.8 Å². The maximum absolute atomic E-state index is 14.2. The number of anilines is 1. The number of pyridine rings is 1. The fourth-order valence-electron chi connectivity index (χ4n) is 6.72. The van der Waals surface area contributed by atoms with E-state index in [1.807, 2.05) is 91.0 Å². The number of carbonyl (C=O) groups excluding carboxylic acids is 5. The molecule has 2 aromatic heterocycles. The lowest BCUT2D eigenvalue weighted by molar-refractivity contribution is -0.187. The van der Waals surface area contributed by atoms with E-state index in [1.54, 1.807) is 20.8 Å². The number of ether oxygens (including phenoxy) is 3. The van der Waals surface area contributed by atoms with Gasteiger partial charge in [0.2, 0.25) is 16.9 Å². The molecule has 1 saturated carbocycles. The summed E-state index contributed by atoms with van der Waals surface area (Å²) in [6.45, 7) is 5.17. The van der Waals surface area contributed by atoms with E-state index >= 15 is 0 Å². The number of amides is 3. The third-order valence-corrected chi connectivity index (χ3v) is 11.1. The average Bonchev–Trinajstić information content (AvgIpc) is 3.73. The predicted molar refractivity (Wildman–Crippen MR) is 238 cm³/mol. The van der Waals surface area contributed by atoms with E-state index in [2.05, 4.69) is 26.1 Å². The molecule has 3 N–H and O–H groups in total. The van der Waals surface area contributed by atoms with Crippen molar-refractivity contribution < 1.29 is 47.9 Å². The van der Waals surface area contributed by atoms with E-state index in [0.717, 1.165) is 34.1 Å². The molecule has 2 aliphatic rings. The largest absolute Gasteiger partial charge is 0.483 e. The highest BCUT2D eigenvalue weighted by Crippen LogP contribution is 2.38. The van der Waals surface area contributed by atoms with E-state index in [0.29, 0.717) is 6.42 Å². The molecule has 65 heavy (non-hydrogen) atoms. The van der Waals surface area contributed by atoms with E-state index in [1.165, 1.54) is 16.3 Å². The standard InChI is InChI=1S/C47H48N6O11S/c1-46(2,3)63-45(59)51-44-50-35(29-65-44)40(52-64-47(20-13-21-47)43(58)61-27-31-16-9-5-10-17-31)38(55)22-33-34(49-41(33)56)24-48-42(57)36-23-37(54)39(60-26-30-14-7-4-8-15-30)25-53(36)62-28-32-18-11-6-12-19-32/h4-12,14-19,23,25,29,33-34H,13,20-22,24,26-28H2,1-3H3,(H,48,57)(H,49,56)(H,50,51,59)/b52-40-/t33-,34+/m0/s1. The fraction of sp³-hybridized carbons (Fsp3) is 0.319. The Hall–Kier alpha value is -7.34. The quantitative estimate of drug-likeness (QED) is 0.0391. The molecule has 18 heteroatoms. The van der Waals surface area contributed by atoms with Gasteiger partial charge in [0.1, 0.15) is 36.8 Å². The Morgan fingerprint density at radius 2 is 1.52 bits per heavy atom. The molecule has 1 aliphatic carbocycles. The summed E-state index contributed by atoms with van der Waals surface area (Å²) in [5, 5.41) is 13.8. The molecule has 2 fully saturated rings. The molecule has 3 aromatic carbocycles. The van der Waals surface area contributed by atoms with Gasteiger partial charge in [0.15, 0.2) is 22.4 Å². The van der Waals surface area contributed by atoms with Gasteiger partial charge in [-0.2, -0.15) is 4.73 Å². The van der Waals surface area contributed by atoms with Crippen LogP contribution in [0.25, 0.3) is 0 Å². The molecule has 7 rings (SSSR count). The zero-order chi connectivity index (χ0) is 46.0. The first-order valence-electron chi connectivity index (χ1n) is 20.9. The van der Waals surface area contributed by atoms with Gasteiger partial charge in [0.25, 0.3) is 5.91 Å². The third kappa shape index (κ3) is 12.0. The molecule has 0 unspecified atom stereocenters. The van der Waals surface area contributed by atoms with Gasteiger partial charge in [-0.05, 0) is 43.9 Å². The lowest BCUT2D eigenvalue weighted by Gasteiger charge is -2.37. The topological polar surface area (TPSA) is 215 Å². The van der Waals surface area contributed by atoms with Crippen molar-refractivity contribution in [3.8, 4) is 5.75 Å². The molecule has 338 valence electrons. The molecule has 0 bridgehead atoms. The van der Waals surface area contributed by atoms with Crippen molar-refractivity contribution in [2.45, 2.75) is 83.5 Å². The number of β-lactam (4-membered cyclic amide) rings is 1. The average molecular weight is 905 g/mol. The van der Waals surface area contributed by atoms with Gasteiger partial charge in [0, 0.05) is 37.3 Å². The molecule has 1 saturated heterocycles. The number of hydrogen-bond acceptors (Lipinski definition) is 14. The van der Waals surface area contributed by atoms with Crippen molar-refractivity contribution in [2.75, 3.05) is 11.9 Å². The first kappa shape index (κ1) is 45.7. The zero-order valence-electron chi connectivity index (χ0n) is 35.9. The van der Waals surface area contributed by atoms with Crippen molar-refractivity contribution in [1.29, 1.82) is 0 Å². The van der Waals surface area contributed by atoms with Gasteiger partial charge in [0.05, 0.1) is 18.2 Å². The van der Waals surface area contributed by atoms with E-state index < -0.39 is 58.3 Å². The molecular formula is C47H48N6O11S. The van der Waals surface area contributed by atoms with Crippen LogP contribution in [-0.2, 0) is 48.5 Å². The number of nitrogens with zero attached hydrogens (tertiary/aromatic N) is 3. The van der Waals surface area contributed by atoms with Crippen LogP contribution in [0.1, 0.15) is 79.3 Å².